The first kappa shape index (κ1) is 16.5. The van der Waals surface area contributed by atoms with Crippen molar-refractivity contribution in [3.63, 3.8) is 0 Å². The summed E-state index contributed by atoms with van der Waals surface area (Å²) in [6.07, 6.45) is 0.575. The average molecular weight is 288 g/mol. The van der Waals surface area contributed by atoms with Gasteiger partial charge in [0.25, 0.3) is 5.91 Å². The second-order valence-electron chi connectivity index (χ2n) is 5.18. The van der Waals surface area contributed by atoms with Crippen molar-refractivity contribution in [1.82, 2.24) is 4.90 Å². The maximum atomic E-state index is 13.1. The van der Waals surface area contributed by atoms with Gasteiger partial charge in [0.05, 0.1) is 0 Å². The number of hydrogen-bond donors (Lipinski definition) is 1. The Morgan fingerprint density at radius 3 is 2.20 bits per heavy atom. The Morgan fingerprint density at radius 2 is 1.75 bits per heavy atom. The second kappa shape index (κ2) is 6.74. The van der Waals surface area contributed by atoms with Crippen LogP contribution in [-0.4, -0.2) is 30.4 Å². The zero-order valence-corrected chi connectivity index (χ0v) is 11.8. The van der Waals surface area contributed by atoms with Gasteiger partial charge in [-0.2, -0.15) is 0 Å². The largest absolute Gasteiger partial charge is 0.342 e. The summed E-state index contributed by atoms with van der Waals surface area (Å²) >= 11 is 0. The van der Waals surface area contributed by atoms with E-state index >= 15 is 0 Å². The summed E-state index contributed by atoms with van der Waals surface area (Å²) in [4.78, 5) is 13.3. The van der Waals surface area contributed by atoms with Crippen LogP contribution in [0.15, 0.2) is 12.1 Å². The molecule has 0 aliphatic rings. The van der Waals surface area contributed by atoms with E-state index in [0.29, 0.717) is 25.1 Å². The summed E-state index contributed by atoms with van der Waals surface area (Å²) in [5.74, 6) is -4.62. The molecular weight excluding hydrogens is 269 g/mol. The zero-order chi connectivity index (χ0) is 15.4. The first-order valence-corrected chi connectivity index (χ1v) is 6.39. The molecule has 1 amide bonds. The Kier molecular flexibility index (Phi) is 5.56. The minimum absolute atomic E-state index is 0.0630. The molecule has 0 aliphatic carbocycles. The molecule has 0 radical (unpaired) electrons. The second-order valence-corrected chi connectivity index (χ2v) is 5.18. The smallest absolute Gasteiger partial charge is 0.253 e. The SMILES string of the molecule is CC(C)C(N)CCN(C)C(=O)c1cc(F)c(F)c(F)c1. The molecule has 6 heteroatoms. The molecule has 0 spiro atoms. The van der Waals surface area contributed by atoms with Gasteiger partial charge in [-0.3, -0.25) is 4.79 Å². The number of amides is 1. The van der Waals surface area contributed by atoms with E-state index in [4.69, 9.17) is 5.73 Å². The van der Waals surface area contributed by atoms with Crippen LogP contribution in [0.4, 0.5) is 13.2 Å². The minimum Gasteiger partial charge on any atom is -0.342 e. The fourth-order valence-corrected chi connectivity index (χ4v) is 1.68. The van der Waals surface area contributed by atoms with Crippen LogP contribution in [0.1, 0.15) is 30.6 Å². The van der Waals surface area contributed by atoms with Crippen molar-refractivity contribution in [2.24, 2.45) is 11.7 Å². The maximum absolute atomic E-state index is 13.1. The van der Waals surface area contributed by atoms with E-state index in [1.165, 1.54) is 11.9 Å². The van der Waals surface area contributed by atoms with Crippen molar-refractivity contribution < 1.29 is 18.0 Å². The van der Waals surface area contributed by atoms with E-state index in [0.717, 1.165) is 0 Å². The molecule has 3 nitrogen and oxygen atoms in total. The molecule has 1 aromatic carbocycles. The molecule has 0 heterocycles. The van der Waals surface area contributed by atoms with E-state index in [-0.39, 0.29) is 17.5 Å². The van der Waals surface area contributed by atoms with Crippen molar-refractivity contribution >= 4 is 5.91 Å². The Balaban J connectivity index is 2.75. The van der Waals surface area contributed by atoms with Crippen LogP contribution in [0.2, 0.25) is 0 Å². The summed E-state index contributed by atoms with van der Waals surface area (Å²) in [7, 11) is 1.51. The van der Waals surface area contributed by atoms with Crippen molar-refractivity contribution in [3.05, 3.63) is 35.1 Å². The summed E-state index contributed by atoms with van der Waals surface area (Å²) in [6, 6.07) is 1.33. The number of carbonyl (C=O) groups excluding carboxylic acids is 1. The monoisotopic (exact) mass is 288 g/mol. The van der Waals surface area contributed by atoms with Crippen molar-refractivity contribution in [3.8, 4) is 0 Å². The maximum Gasteiger partial charge on any atom is 0.253 e. The molecule has 0 saturated carbocycles. The fourth-order valence-electron chi connectivity index (χ4n) is 1.68. The normalized spacial score (nSPS) is 12.6. The van der Waals surface area contributed by atoms with Crippen LogP contribution < -0.4 is 5.73 Å². The van der Waals surface area contributed by atoms with E-state index in [2.05, 4.69) is 0 Å². The lowest BCUT2D eigenvalue weighted by atomic mass is 10.0. The lowest BCUT2D eigenvalue weighted by Crippen LogP contribution is -2.34. The van der Waals surface area contributed by atoms with Gasteiger partial charge in [0.2, 0.25) is 0 Å². The molecule has 0 aromatic heterocycles. The summed E-state index contributed by atoms with van der Waals surface area (Å²) in [6.45, 7) is 4.30. The molecule has 1 unspecified atom stereocenters. The number of nitrogens with zero attached hydrogens (tertiary/aromatic N) is 1. The number of carbonyl (C=O) groups is 1. The standard InChI is InChI=1S/C14H19F3N2O/c1-8(2)12(18)4-5-19(3)14(20)9-6-10(15)13(17)11(16)7-9/h6-8,12H,4-5,18H2,1-3H3. The molecule has 0 fully saturated rings. The van der Waals surface area contributed by atoms with Gasteiger partial charge in [-0.05, 0) is 24.5 Å². The van der Waals surface area contributed by atoms with Gasteiger partial charge in [0, 0.05) is 25.2 Å². The minimum atomic E-state index is -1.58. The highest BCUT2D eigenvalue weighted by molar-refractivity contribution is 5.94. The summed E-state index contributed by atoms with van der Waals surface area (Å²) in [5, 5.41) is 0. The molecule has 0 bridgehead atoms. The molecule has 1 rings (SSSR count). The number of rotatable bonds is 5. The van der Waals surface area contributed by atoms with Crippen molar-refractivity contribution in [2.75, 3.05) is 13.6 Å². The van der Waals surface area contributed by atoms with Crippen molar-refractivity contribution in [2.45, 2.75) is 26.3 Å². The number of hydrogen-bond acceptors (Lipinski definition) is 2. The average Bonchev–Trinajstić information content (AvgIpc) is 2.39. The van der Waals surface area contributed by atoms with Crippen LogP contribution in [0, 0.1) is 23.4 Å². The molecule has 1 aromatic rings. The van der Waals surface area contributed by atoms with Gasteiger partial charge in [0.15, 0.2) is 17.5 Å². The first-order chi connectivity index (χ1) is 9.23. The lowest BCUT2D eigenvalue weighted by molar-refractivity contribution is 0.0788. The molecular formula is C14H19F3N2O. The molecule has 20 heavy (non-hydrogen) atoms. The van der Waals surface area contributed by atoms with E-state index < -0.39 is 23.4 Å². The topological polar surface area (TPSA) is 46.3 Å². The Labute approximate surface area is 116 Å². The van der Waals surface area contributed by atoms with Crippen LogP contribution in [0.25, 0.3) is 0 Å². The Morgan fingerprint density at radius 1 is 1.25 bits per heavy atom. The molecule has 112 valence electrons. The number of halogens is 3. The third-order valence-corrected chi connectivity index (χ3v) is 3.23. The van der Waals surface area contributed by atoms with Crippen LogP contribution in [0.3, 0.4) is 0 Å². The third kappa shape index (κ3) is 3.96. The third-order valence-electron chi connectivity index (χ3n) is 3.23. The van der Waals surface area contributed by atoms with Gasteiger partial charge in [-0.25, -0.2) is 13.2 Å². The van der Waals surface area contributed by atoms with Crippen LogP contribution >= 0.6 is 0 Å². The van der Waals surface area contributed by atoms with Crippen molar-refractivity contribution in [1.29, 1.82) is 0 Å². The Hall–Kier alpha value is -1.56. The van der Waals surface area contributed by atoms with E-state index in [1.807, 2.05) is 13.8 Å². The van der Waals surface area contributed by atoms with Crippen LogP contribution in [-0.2, 0) is 0 Å². The number of benzene rings is 1. The van der Waals surface area contributed by atoms with Crippen LogP contribution in [0.5, 0.6) is 0 Å². The van der Waals surface area contributed by atoms with Gasteiger partial charge >= 0.3 is 0 Å². The molecule has 0 aliphatic heterocycles. The quantitative estimate of drug-likeness (QED) is 0.846. The van der Waals surface area contributed by atoms with Gasteiger partial charge in [-0.15, -0.1) is 0 Å². The highest BCUT2D eigenvalue weighted by Gasteiger charge is 2.18. The Bertz CT molecular complexity index is 468. The van der Waals surface area contributed by atoms with E-state index in [1.54, 1.807) is 0 Å². The number of nitrogens with two attached hydrogens (primary N) is 1. The highest BCUT2D eigenvalue weighted by atomic mass is 19.2. The molecule has 2 N–H and O–H groups in total. The fraction of sp³-hybridized carbons (Fsp3) is 0.500. The van der Waals surface area contributed by atoms with Gasteiger partial charge < -0.3 is 10.6 Å². The zero-order valence-electron chi connectivity index (χ0n) is 11.8. The highest BCUT2D eigenvalue weighted by Crippen LogP contribution is 2.15. The molecule has 0 saturated heterocycles. The lowest BCUT2D eigenvalue weighted by Gasteiger charge is -2.21. The first-order valence-electron chi connectivity index (χ1n) is 6.39. The van der Waals surface area contributed by atoms with E-state index in [9.17, 15) is 18.0 Å². The summed E-state index contributed by atoms with van der Waals surface area (Å²) < 4.78 is 39.0. The predicted octanol–water partition coefficient (Wildman–Crippen LogP) is 2.55. The predicted molar refractivity (Wildman–Crippen MR) is 70.7 cm³/mol. The molecule has 1 atom stereocenters. The summed E-state index contributed by atoms with van der Waals surface area (Å²) in [5.41, 5.74) is 5.64. The van der Waals surface area contributed by atoms with Gasteiger partial charge in [0.1, 0.15) is 0 Å². The van der Waals surface area contributed by atoms with Gasteiger partial charge in [-0.1, -0.05) is 13.8 Å².